The van der Waals surface area contributed by atoms with Crippen molar-refractivity contribution in [3.05, 3.63) is 42.5 Å². The number of aromatic nitrogens is 3. The van der Waals surface area contributed by atoms with Gasteiger partial charge >= 0.3 is 0 Å². The van der Waals surface area contributed by atoms with E-state index in [0.29, 0.717) is 13.2 Å². The molecule has 0 spiro atoms. The molecule has 0 saturated carbocycles. The van der Waals surface area contributed by atoms with Crippen LogP contribution in [0.3, 0.4) is 0 Å². The van der Waals surface area contributed by atoms with E-state index >= 15 is 0 Å². The number of hydrogen-bond acceptors (Lipinski definition) is 4. The van der Waals surface area contributed by atoms with Crippen LogP contribution < -0.4 is 4.74 Å². The van der Waals surface area contributed by atoms with Gasteiger partial charge in [-0.3, -0.25) is 4.68 Å². The van der Waals surface area contributed by atoms with Crippen LogP contribution in [0.25, 0.3) is 0 Å². The molecule has 1 aromatic heterocycles. The summed E-state index contributed by atoms with van der Waals surface area (Å²) in [7, 11) is 0. The van der Waals surface area contributed by atoms with E-state index in [2.05, 4.69) is 30.0 Å². The van der Waals surface area contributed by atoms with Gasteiger partial charge in [-0.15, -0.1) is 0 Å². The van der Waals surface area contributed by atoms with Crippen molar-refractivity contribution in [1.82, 2.24) is 14.8 Å². The average molecular weight is 312 g/mol. The molecule has 0 saturated heterocycles. The Kier molecular flexibility index (Phi) is 6.16. The Morgan fingerprint density at radius 3 is 2.74 bits per heavy atom. The third kappa shape index (κ3) is 4.10. The highest BCUT2D eigenvalue weighted by molar-refractivity contribution is 5.43. The molecule has 1 atom stereocenters. The number of ether oxygens (including phenoxy) is 1. The second-order valence-electron chi connectivity index (χ2n) is 5.74. The first-order valence-electron chi connectivity index (χ1n) is 8.21. The molecule has 2 aromatic rings. The minimum atomic E-state index is -0.659. The van der Waals surface area contributed by atoms with Crippen molar-refractivity contribution in [3.63, 3.8) is 0 Å². The van der Waals surface area contributed by atoms with Gasteiger partial charge in [0.25, 0.3) is 0 Å². The summed E-state index contributed by atoms with van der Waals surface area (Å²) in [6.45, 7) is 5.34. The molecule has 0 amide bonds. The first-order chi connectivity index (χ1) is 11.3. The Bertz CT molecular complexity index is 633. The lowest BCUT2D eigenvalue weighted by Crippen LogP contribution is -2.31. The largest absolute Gasteiger partial charge is 0.493 e. The van der Waals surface area contributed by atoms with E-state index in [1.54, 1.807) is 11.0 Å². The van der Waals surface area contributed by atoms with E-state index in [1.807, 2.05) is 24.3 Å². The summed E-state index contributed by atoms with van der Waals surface area (Å²) in [5, 5.41) is 14.2. The van der Waals surface area contributed by atoms with Gasteiger partial charge in [-0.25, -0.2) is 4.98 Å². The average Bonchev–Trinajstić information content (AvgIpc) is 3.10. The minimum Gasteiger partial charge on any atom is -0.493 e. The summed E-state index contributed by atoms with van der Waals surface area (Å²) < 4.78 is 7.63. The number of rotatable bonds is 9. The molecule has 2 rings (SSSR count). The van der Waals surface area contributed by atoms with Crippen LogP contribution in [0.5, 0.6) is 5.75 Å². The molecule has 0 N–H and O–H groups in total. The van der Waals surface area contributed by atoms with Crippen molar-refractivity contribution in [2.75, 3.05) is 6.61 Å². The topological polar surface area (TPSA) is 63.7 Å². The number of unbranched alkanes of at least 4 members (excludes halogenated alkanes) is 1. The number of nitrogens with zero attached hydrogens (tertiary/aromatic N) is 4. The fourth-order valence-electron chi connectivity index (χ4n) is 2.72. The molecule has 0 bridgehead atoms. The quantitative estimate of drug-likeness (QED) is 0.708. The van der Waals surface area contributed by atoms with E-state index < -0.39 is 5.41 Å². The van der Waals surface area contributed by atoms with Crippen molar-refractivity contribution < 1.29 is 4.74 Å². The van der Waals surface area contributed by atoms with Crippen molar-refractivity contribution in [2.45, 2.75) is 51.5 Å². The van der Waals surface area contributed by atoms with Gasteiger partial charge in [-0.2, -0.15) is 10.4 Å². The molecule has 1 unspecified atom stereocenters. The van der Waals surface area contributed by atoms with Crippen LogP contribution in [-0.2, 0) is 12.0 Å². The molecule has 5 nitrogen and oxygen atoms in total. The van der Waals surface area contributed by atoms with Crippen LogP contribution in [0.1, 0.15) is 45.1 Å². The molecular formula is C18H24N4O. The van der Waals surface area contributed by atoms with Crippen molar-refractivity contribution in [1.29, 1.82) is 5.26 Å². The van der Waals surface area contributed by atoms with Crippen molar-refractivity contribution in [2.24, 2.45) is 0 Å². The third-order valence-corrected chi connectivity index (χ3v) is 3.93. The summed E-state index contributed by atoms with van der Waals surface area (Å²) in [6, 6.07) is 10.4. The lowest BCUT2D eigenvalue weighted by Gasteiger charge is -2.28. The van der Waals surface area contributed by atoms with Gasteiger partial charge in [0.05, 0.1) is 19.2 Å². The van der Waals surface area contributed by atoms with Gasteiger partial charge in [0, 0.05) is 5.56 Å². The Hall–Kier alpha value is -2.35. The van der Waals surface area contributed by atoms with Crippen molar-refractivity contribution >= 4 is 0 Å². The number of hydrogen-bond donors (Lipinski definition) is 0. The SMILES string of the molecule is CCCCC(C#N)(Cn1cncn1)c1ccccc1OCCC. The number of para-hydroxylation sites is 1. The van der Waals surface area contributed by atoms with Gasteiger partial charge in [0.1, 0.15) is 23.8 Å². The maximum atomic E-state index is 10.0. The normalized spacial score (nSPS) is 13.3. The fraction of sp³-hybridized carbons (Fsp3) is 0.500. The lowest BCUT2D eigenvalue weighted by atomic mass is 9.77. The van der Waals surface area contributed by atoms with Crippen LogP contribution in [0, 0.1) is 11.3 Å². The zero-order valence-corrected chi connectivity index (χ0v) is 13.9. The fourth-order valence-corrected chi connectivity index (χ4v) is 2.72. The maximum Gasteiger partial charge on any atom is 0.137 e. The van der Waals surface area contributed by atoms with E-state index in [-0.39, 0.29) is 0 Å². The van der Waals surface area contributed by atoms with Gasteiger partial charge in [0.15, 0.2) is 0 Å². The van der Waals surface area contributed by atoms with Gasteiger partial charge in [0.2, 0.25) is 0 Å². The summed E-state index contributed by atoms with van der Waals surface area (Å²) >= 11 is 0. The highest BCUT2D eigenvalue weighted by atomic mass is 16.5. The predicted octanol–water partition coefficient (Wildman–Crippen LogP) is 3.72. The monoisotopic (exact) mass is 312 g/mol. The lowest BCUT2D eigenvalue weighted by molar-refractivity contribution is 0.300. The van der Waals surface area contributed by atoms with Crippen molar-refractivity contribution in [3.8, 4) is 11.8 Å². The zero-order valence-electron chi connectivity index (χ0n) is 13.9. The maximum absolute atomic E-state index is 10.0. The zero-order chi connectivity index (χ0) is 16.5. The number of nitriles is 1. The van der Waals surface area contributed by atoms with Crippen LogP contribution in [-0.4, -0.2) is 21.4 Å². The predicted molar refractivity (Wildman–Crippen MR) is 89.1 cm³/mol. The number of benzene rings is 1. The summed E-state index contributed by atoms with van der Waals surface area (Å²) in [6.07, 6.45) is 6.89. The first kappa shape index (κ1) is 17.0. The molecule has 1 heterocycles. The van der Waals surface area contributed by atoms with Gasteiger partial charge in [-0.1, -0.05) is 44.9 Å². The molecule has 122 valence electrons. The molecule has 0 radical (unpaired) electrons. The second-order valence-corrected chi connectivity index (χ2v) is 5.74. The summed E-state index contributed by atoms with van der Waals surface area (Å²) in [5.74, 6) is 0.798. The standard InChI is InChI=1S/C18H24N4O/c1-3-5-10-18(12-19,13-22-15-20-14-21-22)16-8-6-7-9-17(16)23-11-4-2/h6-9,14-15H,3-5,10-11,13H2,1-2H3. The second kappa shape index (κ2) is 8.33. The summed E-state index contributed by atoms with van der Waals surface area (Å²) in [5.41, 5.74) is 0.286. The van der Waals surface area contributed by atoms with Crippen LogP contribution in [0.2, 0.25) is 0 Å². The van der Waals surface area contributed by atoms with Gasteiger partial charge in [-0.05, 0) is 18.9 Å². The van der Waals surface area contributed by atoms with E-state index in [1.165, 1.54) is 6.33 Å². The first-order valence-corrected chi connectivity index (χ1v) is 8.21. The van der Waals surface area contributed by atoms with Crippen LogP contribution in [0.4, 0.5) is 0 Å². The Balaban J connectivity index is 2.42. The van der Waals surface area contributed by atoms with E-state index in [9.17, 15) is 5.26 Å². The van der Waals surface area contributed by atoms with Gasteiger partial charge < -0.3 is 4.74 Å². The van der Waals surface area contributed by atoms with E-state index in [4.69, 9.17) is 4.74 Å². The molecule has 0 aliphatic rings. The summed E-state index contributed by atoms with van der Waals surface area (Å²) in [4.78, 5) is 4.00. The smallest absolute Gasteiger partial charge is 0.137 e. The van der Waals surface area contributed by atoms with Crippen LogP contribution in [0.15, 0.2) is 36.9 Å². The Morgan fingerprint density at radius 1 is 1.26 bits per heavy atom. The highest BCUT2D eigenvalue weighted by Crippen LogP contribution is 2.37. The molecular weight excluding hydrogens is 288 g/mol. The molecule has 1 aromatic carbocycles. The van der Waals surface area contributed by atoms with Crippen LogP contribution >= 0.6 is 0 Å². The molecule has 5 heteroatoms. The third-order valence-electron chi connectivity index (χ3n) is 3.93. The molecule has 0 aliphatic heterocycles. The molecule has 0 aliphatic carbocycles. The minimum absolute atomic E-state index is 0.482. The molecule has 0 fully saturated rings. The Morgan fingerprint density at radius 2 is 2.09 bits per heavy atom. The highest BCUT2D eigenvalue weighted by Gasteiger charge is 2.35. The molecule has 23 heavy (non-hydrogen) atoms. The van der Waals surface area contributed by atoms with E-state index in [0.717, 1.165) is 37.0 Å². The Labute approximate surface area is 137 Å².